The molecule has 1 heterocycles. The Bertz CT molecular complexity index is 749. The van der Waals surface area contributed by atoms with E-state index in [2.05, 4.69) is 93.6 Å². The summed E-state index contributed by atoms with van der Waals surface area (Å²) in [5, 5.41) is 2.47. The minimum absolute atomic E-state index is 0.00373. The third-order valence-electron chi connectivity index (χ3n) is 6.32. The first kappa shape index (κ1) is 21.9. The number of benzene rings is 2. The highest BCUT2D eigenvalue weighted by molar-refractivity contribution is 5.45. The maximum Gasteiger partial charge on any atom is 0.101 e. The van der Waals surface area contributed by atoms with E-state index in [-0.39, 0.29) is 5.60 Å². The number of nitrogens with two attached hydrogens (primary N) is 1. The average molecular weight is 396 g/mol. The molecule has 0 aliphatic carbocycles. The highest BCUT2D eigenvalue weighted by Crippen LogP contribution is 2.39. The van der Waals surface area contributed by atoms with Crippen molar-refractivity contribution in [2.24, 2.45) is 5.92 Å². The molecule has 2 aromatic rings. The summed E-state index contributed by atoms with van der Waals surface area (Å²) in [4.78, 5) is 2.15. The normalized spacial score (nSPS) is 19.7. The Morgan fingerprint density at radius 3 is 2.38 bits per heavy atom. The number of nitrogens with zero attached hydrogens (tertiary/aromatic N) is 1. The quantitative estimate of drug-likeness (QED) is 0.667. The molecule has 1 fully saturated rings. The molecule has 3 rings (SSSR count). The number of quaternary nitrogens is 1. The molecule has 3 nitrogen and oxygen atoms in total. The molecule has 29 heavy (non-hydrogen) atoms. The molecule has 1 saturated heterocycles. The lowest BCUT2D eigenvalue weighted by Gasteiger charge is -2.39. The van der Waals surface area contributed by atoms with Gasteiger partial charge < -0.3 is 15.0 Å². The van der Waals surface area contributed by atoms with Crippen LogP contribution in [0.15, 0.2) is 48.5 Å². The van der Waals surface area contributed by atoms with Crippen LogP contribution in [0.3, 0.4) is 0 Å². The van der Waals surface area contributed by atoms with Crippen molar-refractivity contribution in [3.8, 4) is 0 Å². The summed E-state index contributed by atoms with van der Waals surface area (Å²) in [6.45, 7) is 9.76. The highest BCUT2D eigenvalue weighted by Gasteiger charge is 2.34. The molecular weight excluding hydrogens is 356 g/mol. The fourth-order valence-electron chi connectivity index (χ4n) is 4.61. The first-order valence-corrected chi connectivity index (χ1v) is 11.1. The predicted octanol–water partition coefficient (Wildman–Crippen LogP) is 4.50. The summed E-state index contributed by atoms with van der Waals surface area (Å²) in [6, 6.07) is 18.2. The molecule has 1 aliphatic heterocycles. The molecule has 2 aromatic carbocycles. The highest BCUT2D eigenvalue weighted by atomic mass is 16.5. The van der Waals surface area contributed by atoms with Crippen LogP contribution >= 0.6 is 0 Å². The molecular formula is C26H39N2O+. The van der Waals surface area contributed by atoms with Crippen molar-refractivity contribution in [2.75, 3.05) is 32.1 Å². The van der Waals surface area contributed by atoms with Gasteiger partial charge in [-0.2, -0.15) is 0 Å². The number of hydrogen-bond donors (Lipinski definition) is 1. The van der Waals surface area contributed by atoms with Gasteiger partial charge in [0.15, 0.2) is 0 Å². The smallest absolute Gasteiger partial charge is 0.101 e. The van der Waals surface area contributed by atoms with E-state index >= 15 is 0 Å². The SMILES string of the molecule is Cc1ccc([C@H](CC[NH2+]Cc2ccc(N(C)C)cc2)[C@H]2CCOC(C)(C)C2)cc1. The number of hydrogen-bond acceptors (Lipinski definition) is 2. The van der Waals surface area contributed by atoms with Gasteiger partial charge in [0.25, 0.3) is 0 Å². The van der Waals surface area contributed by atoms with Gasteiger partial charge in [0.1, 0.15) is 6.54 Å². The Morgan fingerprint density at radius 2 is 1.76 bits per heavy atom. The summed E-state index contributed by atoms with van der Waals surface area (Å²) in [6.07, 6.45) is 3.55. The predicted molar refractivity (Wildman–Crippen MR) is 123 cm³/mol. The Labute approximate surface area is 177 Å². The van der Waals surface area contributed by atoms with Gasteiger partial charge in [-0.3, -0.25) is 0 Å². The van der Waals surface area contributed by atoms with E-state index in [4.69, 9.17) is 4.74 Å². The van der Waals surface area contributed by atoms with Crippen molar-refractivity contribution >= 4 is 5.69 Å². The molecule has 0 radical (unpaired) electrons. The van der Waals surface area contributed by atoms with Gasteiger partial charge in [-0.15, -0.1) is 0 Å². The fraction of sp³-hybridized carbons (Fsp3) is 0.538. The van der Waals surface area contributed by atoms with E-state index in [1.54, 1.807) is 0 Å². The number of ether oxygens (including phenoxy) is 1. The summed E-state index contributed by atoms with van der Waals surface area (Å²) >= 11 is 0. The monoisotopic (exact) mass is 395 g/mol. The maximum atomic E-state index is 6.00. The molecule has 0 amide bonds. The molecule has 2 atom stereocenters. The lowest BCUT2D eigenvalue weighted by Crippen LogP contribution is -2.82. The third-order valence-corrected chi connectivity index (χ3v) is 6.32. The van der Waals surface area contributed by atoms with Gasteiger partial charge in [0.2, 0.25) is 0 Å². The third kappa shape index (κ3) is 6.32. The standard InChI is InChI=1S/C26H38N2O/c1-20-6-10-22(11-7-20)25(23-15-17-29-26(2,3)18-23)14-16-27-19-21-8-12-24(13-9-21)28(4)5/h6-13,23,25,27H,14-19H2,1-5H3/p+1/t23-,25-/m0/s1. The van der Waals surface area contributed by atoms with Gasteiger partial charge in [-0.05, 0) is 63.1 Å². The summed E-state index contributed by atoms with van der Waals surface area (Å²) in [5.41, 5.74) is 5.50. The van der Waals surface area contributed by atoms with Crippen LogP contribution in [-0.4, -0.2) is 32.8 Å². The molecule has 0 spiro atoms. The van der Waals surface area contributed by atoms with Crippen molar-refractivity contribution in [3.05, 3.63) is 65.2 Å². The zero-order valence-corrected chi connectivity index (χ0v) is 18.9. The summed E-state index contributed by atoms with van der Waals surface area (Å²) in [7, 11) is 4.17. The Kier molecular flexibility index (Phi) is 7.37. The summed E-state index contributed by atoms with van der Waals surface area (Å²) < 4.78 is 6.00. The van der Waals surface area contributed by atoms with E-state index in [9.17, 15) is 0 Å². The Balaban J connectivity index is 1.60. The van der Waals surface area contributed by atoms with Crippen LogP contribution in [0.1, 0.15) is 55.7 Å². The van der Waals surface area contributed by atoms with E-state index in [1.807, 2.05) is 0 Å². The van der Waals surface area contributed by atoms with E-state index in [1.165, 1.54) is 35.2 Å². The van der Waals surface area contributed by atoms with Crippen LogP contribution in [0.4, 0.5) is 5.69 Å². The van der Waals surface area contributed by atoms with Crippen LogP contribution < -0.4 is 10.2 Å². The van der Waals surface area contributed by atoms with Gasteiger partial charge >= 0.3 is 0 Å². The van der Waals surface area contributed by atoms with Crippen LogP contribution in [0.5, 0.6) is 0 Å². The van der Waals surface area contributed by atoms with Crippen LogP contribution in [-0.2, 0) is 11.3 Å². The van der Waals surface area contributed by atoms with E-state index in [0.717, 1.165) is 26.1 Å². The van der Waals surface area contributed by atoms with Crippen molar-refractivity contribution in [1.82, 2.24) is 0 Å². The Hall–Kier alpha value is -1.84. The van der Waals surface area contributed by atoms with Crippen molar-refractivity contribution in [2.45, 2.75) is 58.1 Å². The van der Waals surface area contributed by atoms with Crippen molar-refractivity contribution in [1.29, 1.82) is 0 Å². The van der Waals surface area contributed by atoms with Crippen LogP contribution in [0, 0.1) is 12.8 Å². The molecule has 0 unspecified atom stereocenters. The van der Waals surface area contributed by atoms with Gasteiger partial charge in [-0.25, -0.2) is 0 Å². The van der Waals surface area contributed by atoms with Crippen LogP contribution in [0.25, 0.3) is 0 Å². The average Bonchev–Trinajstić information content (AvgIpc) is 2.68. The fourth-order valence-corrected chi connectivity index (χ4v) is 4.61. The molecule has 0 aromatic heterocycles. The second-order valence-corrected chi connectivity index (χ2v) is 9.51. The lowest BCUT2D eigenvalue weighted by molar-refractivity contribution is -0.671. The van der Waals surface area contributed by atoms with Crippen molar-refractivity contribution in [3.63, 3.8) is 0 Å². The van der Waals surface area contributed by atoms with Crippen LogP contribution in [0.2, 0.25) is 0 Å². The first-order valence-electron chi connectivity index (χ1n) is 11.1. The second kappa shape index (κ2) is 9.77. The largest absolute Gasteiger partial charge is 0.378 e. The Morgan fingerprint density at radius 1 is 1.07 bits per heavy atom. The molecule has 0 bridgehead atoms. The van der Waals surface area contributed by atoms with Gasteiger partial charge in [-0.1, -0.05) is 42.0 Å². The minimum Gasteiger partial charge on any atom is -0.378 e. The summed E-state index contributed by atoms with van der Waals surface area (Å²) in [5.74, 6) is 1.32. The molecule has 1 aliphatic rings. The zero-order valence-electron chi connectivity index (χ0n) is 18.9. The van der Waals surface area contributed by atoms with Crippen molar-refractivity contribution < 1.29 is 10.1 Å². The van der Waals surface area contributed by atoms with E-state index in [0.29, 0.717) is 11.8 Å². The molecule has 158 valence electrons. The first-order chi connectivity index (χ1) is 13.8. The molecule has 2 N–H and O–H groups in total. The number of aryl methyl sites for hydroxylation is 1. The lowest BCUT2D eigenvalue weighted by atomic mass is 9.75. The van der Waals surface area contributed by atoms with E-state index < -0.39 is 0 Å². The minimum atomic E-state index is 0.00373. The van der Waals surface area contributed by atoms with Gasteiger partial charge in [0.05, 0.1) is 12.1 Å². The molecule has 3 heteroatoms. The second-order valence-electron chi connectivity index (χ2n) is 9.51. The zero-order chi connectivity index (χ0) is 20.9. The number of rotatable bonds is 8. The number of anilines is 1. The maximum absolute atomic E-state index is 6.00. The topological polar surface area (TPSA) is 29.1 Å². The molecule has 0 saturated carbocycles. The van der Waals surface area contributed by atoms with Gasteiger partial charge in [0, 0.05) is 38.4 Å².